The molecule has 6 nitrogen and oxygen atoms in total. The molecule has 7 heteroatoms. The summed E-state index contributed by atoms with van der Waals surface area (Å²) in [4.78, 5) is 25.1. The second kappa shape index (κ2) is 4.91. The summed E-state index contributed by atoms with van der Waals surface area (Å²) in [5.74, 6) is 0. The highest BCUT2D eigenvalue weighted by Crippen LogP contribution is 2.32. The summed E-state index contributed by atoms with van der Waals surface area (Å²) in [5, 5.41) is 9.09. The molecule has 2 rings (SSSR count). The van der Waals surface area contributed by atoms with Crippen molar-refractivity contribution in [3.05, 3.63) is 32.6 Å². The molecule has 1 aliphatic rings. The van der Waals surface area contributed by atoms with Gasteiger partial charge in [-0.15, -0.1) is 0 Å². The van der Waals surface area contributed by atoms with Crippen LogP contribution in [-0.2, 0) is 4.74 Å². The van der Waals surface area contributed by atoms with Crippen molar-refractivity contribution in [1.29, 1.82) is 0 Å². The number of hydrogen-bond acceptors (Lipinski definition) is 4. The van der Waals surface area contributed by atoms with Gasteiger partial charge in [0.25, 0.3) is 5.56 Å². The Morgan fingerprint density at radius 2 is 2.35 bits per heavy atom. The van der Waals surface area contributed by atoms with Gasteiger partial charge < -0.3 is 9.84 Å². The standard InChI is InChI=1S/C10H13IN2O4/c1-5-3-13(10(16)12-9(5)15)8-2-6(11)7(4-14)17-8/h3,6-8,14H,2,4H2,1H3,(H,12,15,16)/t6-,7-,8-/m1/s1. The van der Waals surface area contributed by atoms with Crippen LogP contribution in [0.3, 0.4) is 0 Å². The number of rotatable bonds is 2. The van der Waals surface area contributed by atoms with Crippen LogP contribution in [0.4, 0.5) is 0 Å². The molecule has 1 fully saturated rings. The molecule has 1 aromatic rings. The fraction of sp³-hybridized carbons (Fsp3) is 0.600. The third-order valence-electron chi connectivity index (χ3n) is 2.80. The van der Waals surface area contributed by atoms with E-state index in [0.717, 1.165) is 0 Å². The van der Waals surface area contributed by atoms with E-state index < -0.39 is 11.9 Å². The molecule has 17 heavy (non-hydrogen) atoms. The summed E-state index contributed by atoms with van der Waals surface area (Å²) in [5.41, 5.74) is -0.396. The Hall–Kier alpha value is -0.670. The quantitative estimate of drug-likeness (QED) is 0.577. The Labute approximate surface area is 111 Å². The minimum absolute atomic E-state index is 0.0683. The summed E-state index contributed by atoms with van der Waals surface area (Å²) < 4.78 is 7.10. The monoisotopic (exact) mass is 352 g/mol. The summed E-state index contributed by atoms with van der Waals surface area (Å²) in [6.45, 7) is 1.57. The highest BCUT2D eigenvalue weighted by molar-refractivity contribution is 14.1. The lowest BCUT2D eigenvalue weighted by atomic mass is 10.2. The molecule has 0 aliphatic carbocycles. The smallest absolute Gasteiger partial charge is 0.330 e. The van der Waals surface area contributed by atoms with Gasteiger partial charge in [-0.25, -0.2) is 4.79 Å². The summed E-state index contributed by atoms with van der Waals surface area (Å²) in [6, 6.07) is 0. The fourth-order valence-electron chi connectivity index (χ4n) is 1.82. The normalized spacial score (nSPS) is 28.5. The molecule has 0 bridgehead atoms. The zero-order valence-corrected chi connectivity index (χ0v) is 11.4. The first-order valence-electron chi connectivity index (χ1n) is 5.25. The van der Waals surface area contributed by atoms with Crippen molar-refractivity contribution in [2.24, 2.45) is 0 Å². The second-order valence-corrected chi connectivity index (χ2v) is 5.64. The predicted octanol–water partition coefficient (Wildman–Crippen LogP) is -0.0716. The number of aryl methyl sites for hydroxylation is 1. The number of ether oxygens (including phenoxy) is 1. The Kier molecular flexibility index (Phi) is 3.69. The topological polar surface area (TPSA) is 84.3 Å². The van der Waals surface area contributed by atoms with Crippen molar-refractivity contribution in [3.8, 4) is 0 Å². The van der Waals surface area contributed by atoms with Gasteiger partial charge in [0.1, 0.15) is 6.23 Å². The summed E-state index contributed by atoms with van der Waals surface area (Å²) >= 11 is 2.19. The lowest BCUT2D eigenvalue weighted by Crippen LogP contribution is -2.33. The van der Waals surface area contributed by atoms with Crippen LogP contribution in [0.2, 0.25) is 0 Å². The number of nitrogens with zero attached hydrogens (tertiary/aromatic N) is 1. The van der Waals surface area contributed by atoms with Crippen LogP contribution in [0.1, 0.15) is 18.2 Å². The van der Waals surface area contributed by atoms with Gasteiger partial charge in [0.15, 0.2) is 0 Å². The molecular formula is C10H13IN2O4. The van der Waals surface area contributed by atoms with E-state index in [4.69, 9.17) is 9.84 Å². The molecule has 0 aromatic carbocycles. The van der Waals surface area contributed by atoms with E-state index in [2.05, 4.69) is 27.6 Å². The van der Waals surface area contributed by atoms with Crippen molar-refractivity contribution in [1.82, 2.24) is 9.55 Å². The Morgan fingerprint density at radius 3 is 2.94 bits per heavy atom. The van der Waals surface area contributed by atoms with E-state index in [1.165, 1.54) is 10.8 Å². The molecule has 0 radical (unpaired) electrons. The molecule has 3 atom stereocenters. The van der Waals surface area contributed by atoms with E-state index in [9.17, 15) is 9.59 Å². The zero-order chi connectivity index (χ0) is 12.6. The number of aliphatic hydroxyl groups is 1. The average molecular weight is 352 g/mol. The number of aromatic amines is 1. The molecule has 1 saturated heterocycles. The zero-order valence-electron chi connectivity index (χ0n) is 9.22. The van der Waals surface area contributed by atoms with E-state index in [1.54, 1.807) is 6.92 Å². The molecule has 0 spiro atoms. The van der Waals surface area contributed by atoms with Gasteiger partial charge in [0.2, 0.25) is 0 Å². The molecule has 2 heterocycles. The number of nitrogens with one attached hydrogen (secondary N) is 1. The van der Waals surface area contributed by atoms with Crippen LogP contribution < -0.4 is 11.2 Å². The lowest BCUT2D eigenvalue weighted by molar-refractivity contribution is -0.0232. The van der Waals surface area contributed by atoms with Crippen LogP contribution in [0, 0.1) is 6.92 Å². The number of H-pyrrole nitrogens is 1. The van der Waals surface area contributed by atoms with Crippen molar-refractivity contribution in [3.63, 3.8) is 0 Å². The maximum absolute atomic E-state index is 11.6. The third-order valence-corrected chi connectivity index (χ3v) is 4.11. The maximum atomic E-state index is 11.6. The second-order valence-electron chi connectivity index (χ2n) is 4.04. The van der Waals surface area contributed by atoms with E-state index in [-0.39, 0.29) is 22.2 Å². The average Bonchev–Trinajstić information content (AvgIpc) is 2.65. The molecule has 0 amide bonds. The minimum atomic E-state index is -0.479. The lowest BCUT2D eigenvalue weighted by Gasteiger charge is -2.14. The molecule has 2 N–H and O–H groups in total. The molecule has 1 aromatic heterocycles. The van der Waals surface area contributed by atoms with Crippen LogP contribution in [-0.4, -0.2) is 31.3 Å². The number of aromatic nitrogens is 2. The highest BCUT2D eigenvalue weighted by atomic mass is 127. The van der Waals surface area contributed by atoms with Crippen molar-refractivity contribution < 1.29 is 9.84 Å². The minimum Gasteiger partial charge on any atom is -0.394 e. The third kappa shape index (κ3) is 2.45. The van der Waals surface area contributed by atoms with Crippen LogP contribution in [0.15, 0.2) is 15.8 Å². The number of hydrogen-bond donors (Lipinski definition) is 2. The number of aliphatic hydroxyl groups excluding tert-OH is 1. The van der Waals surface area contributed by atoms with Crippen LogP contribution >= 0.6 is 22.6 Å². The van der Waals surface area contributed by atoms with E-state index in [1.807, 2.05) is 0 Å². The van der Waals surface area contributed by atoms with Gasteiger partial charge in [-0.05, 0) is 6.92 Å². The Balaban J connectivity index is 2.34. The van der Waals surface area contributed by atoms with Gasteiger partial charge in [0, 0.05) is 22.1 Å². The largest absolute Gasteiger partial charge is 0.394 e. The predicted molar refractivity (Wildman–Crippen MR) is 69.5 cm³/mol. The van der Waals surface area contributed by atoms with Gasteiger partial charge in [0.05, 0.1) is 12.7 Å². The first kappa shape index (κ1) is 12.8. The maximum Gasteiger partial charge on any atom is 0.330 e. The van der Waals surface area contributed by atoms with E-state index >= 15 is 0 Å². The van der Waals surface area contributed by atoms with Gasteiger partial charge in [-0.1, -0.05) is 22.6 Å². The van der Waals surface area contributed by atoms with Gasteiger partial charge in [-0.3, -0.25) is 14.3 Å². The van der Waals surface area contributed by atoms with Crippen molar-refractivity contribution in [2.45, 2.75) is 29.6 Å². The highest BCUT2D eigenvalue weighted by Gasteiger charge is 2.34. The fourth-order valence-corrected chi connectivity index (χ4v) is 2.66. The van der Waals surface area contributed by atoms with Crippen LogP contribution in [0.25, 0.3) is 0 Å². The van der Waals surface area contributed by atoms with Crippen LogP contribution in [0.5, 0.6) is 0 Å². The molecule has 1 aliphatic heterocycles. The van der Waals surface area contributed by atoms with Crippen molar-refractivity contribution in [2.75, 3.05) is 6.61 Å². The first-order valence-corrected chi connectivity index (χ1v) is 6.50. The Bertz CT molecular complexity index is 524. The summed E-state index contributed by atoms with van der Waals surface area (Å²) in [7, 11) is 0. The number of alkyl halides is 1. The van der Waals surface area contributed by atoms with Crippen molar-refractivity contribution >= 4 is 22.6 Å². The Morgan fingerprint density at radius 1 is 1.65 bits per heavy atom. The first-order chi connectivity index (χ1) is 8.02. The SMILES string of the molecule is Cc1cn([C@H]2C[C@@H](I)[C@@H](CO)O2)c(=O)[nH]c1=O. The summed E-state index contributed by atoms with van der Waals surface area (Å²) in [6.07, 6.45) is 1.45. The molecular weight excluding hydrogens is 339 g/mol. The van der Waals surface area contributed by atoms with Gasteiger partial charge >= 0.3 is 5.69 Å². The number of halogens is 1. The molecule has 94 valence electrons. The van der Waals surface area contributed by atoms with E-state index in [0.29, 0.717) is 12.0 Å². The molecule has 0 unspecified atom stereocenters. The van der Waals surface area contributed by atoms with Gasteiger partial charge in [-0.2, -0.15) is 0 Å². The molecule has 0 saturated carbocycles.